The summed E-state index contributed by atoms with van der Waals surface area (Å²) in [4.78, 5) is 2.12. The number of para-hydroxylation sites is 1. The fourth-order valence-electron chi connectivity index (χ4n) is 3.29. The molecule has 0 bridgehead atoms. The molecular formula is C18H25N5O2S. The lowest BCUT2D eigenvalue weighted by Gasteiger charge is -2.42. The summed E-state index contributed by atoms with van der Waals surface area (Å²) in [5, 5.41) is 18.3. The number of phenols is 1. The maximum Gasteiger partial charge on any atom is 0.169 e. The van der Waals surface area contributed by atoms with Gasteiger partial charge in [-0.2, -0.15) is 0 Å². The van der Waals surface area contributed by atoms with Gasteiger partial charge in [-0.1, -0.05) is 19.1 Å². The van der Waals surface area contributed by atoms with E-state index in [0.717, 1.165) is 5.69 Å². The van der Waals surface area contributed by atoms with Gasteiger partial charge in [0, 0.05) is 46.7 Å². The summed E-state index contributed by atoms with van der Waals surface area (Å²) in [6, 6.07) is 8.93. The summed E-state index contributed by atoms with van der Waals surface area (Å²) in [6.45, 7) is 5.93. The molecule has 140 valence electrons. The van der Waals surface area contributed by atoms with E-state index in [-0.39, 0.29) is 11.8 Å². The van der Waals surface area contributed by atoms with Crippen LogP contribution >= 0.6 is 0 Å². The molecule has 1 aliphatic heterocycles. The monoisotopic (exact) mass is 375 g/mol. The number of aromatic nitrogens is 2. The highest BCUT2D eigenvalue weighted by Gasteiger charge is 2.29. The summed E-state index contributed by atoms with van der Waals surface area (Å²) in [5.41, 5.74) is 8.02. The van der Waals surface area contributed by atoms with Crippen molar-refractivity contribution in [2.75, 3.05) is 36.0 Å². The third-order valence-electron chi connectivity index (χ3n) is 4.77. The molecule has 1 aromatic heterocycles. The van der Waals surface area contributed by atoms with Gasteiger partial charge in [-0.15, -0.1) is 10.2 Å². The zero-order valence-electron chi connectivity index (χ0n) is 15.1. The normalized spacial score (nSPS) is 20.7. The first kappa shape index (κ1) is 18.5. The molecule has 0 spiro atoms. The summed E-state index contributed by atoms with van der Waals surface area (Å²) < 4.78 is 14.6. The van der Waals surface area contributed by atoms with Crippen LogP contribution in [-0.2, 0) is 9.71 Å². The number of phenolic OH excluding ortho intramolecular Hbond substituents is 1. The molecule has 2 aromatic rings. The van der Waals surface area contributed by atoms with Gasteiger partial charge >= 0.3 is 0 Å². The average Bonchev–Trinajstić information content (AvgIpc) is 2.62. The number of piperazine rings is 1. The molecule has 2 heterocycles. The maximum atomic E-state index is 12.6. The quantitative estimate of drug-likeness (QED) is 0.788. The molecule has 2 atom stereocenters. The molecule has 0 saturated carbocycles. The van der Waals surface area contributed by atoms with Crippen molar-refractivity contribution in [3.05, 3.63) is 30.3 Å². The smallest absolute Gasteiger partial charge is 0.169 e. The predicted molar refractivity (Wildman–Crippen MR) is 108 cm³/mol. The second kappa shape index (κ2) is 7.13. The molecule has 8 heteroatoms. The summed E-state index contributed by atoms with van der Waals surface area (Å²) in [6.07, 6.45) is 0. The van der Waals surface area contributed by atoms with Crippen molar-refractivity contribution in [3.63, 3.8) is 0 Å². The van der Waals surface area contributed by atoms with Gasteiger partial charge in [0.1, 0.15) is 5.75 Å². The van der Waals surface area contributed by atoms with E-state index in [9.17, 15) is 9.32 Å². The van der Waals surface area contributed by atoms with E-state index >= 15 is 0 Å². The first-order valence-corrected chi connectivity index (χ1v) is 10.5. The molecule has 7 nitrogen and oxygen atoms in total. The summed E-state index contributed by atoms with van der Waals surface area (Å²) in [7, 11) is -2.23. The molecule has 0 radical (unpaired) electrons. The van der Waals surface area contributed by atoms with Crippen LogP contribution in [0.25, 0.3) is 11.3 Å². The van der Waals surface area contributed by atoms with Gasteiger partial charge in [-0.25, -0.2) is 4.31 Å². The first-order valence-electron chi connectivity index (χ1n) is 8.61. The highest BCUT2D eigenvalue weighted by Crippen LogP contribution is 2.32. The number of rotatable bonds is 4. The molecule has 1 aliphatic rings. The van der Waals surface area contributed by atoms with Crippen LogP contribution in [0, 0.1) is 0 Å². The molecule has 1 fully saturated rings. The number of aromatic hydroxyl groups is 1. The number of benzene rings is 1. The molecule has 3 rings (SSSR count). The van der Waals surface area contributed by atoms with Gasteiger partial charge in [-0.3, -0.25) is 4.21 Å². The van der Waals surface area contributed by atoms with Gasteiger partial charge < -0.3 is 15.7 Å². The van der Waals surface area contributed by atoms with Crippen LogP contribution in [0.5, 0.6) is 5.75 Å². The Morgan fingerprint density at radius 1 is 1.35 bits per heavy atom. The fraction of sp³-hybridized carbons (Fsp3) is 0.389. The topological polar surface area (TPSA) is 95.6 Å². The van der Waals surface area contributed by atoms with Crippen molar-refractivity contribution in [3.8, 4) is 17.0 Å². The Balaban J connectivity index is 1.89. The lowest BCUT2D eigenvalue weighted by Crippen LogP contribution is -2.54. The van der Waals surface area contributed by atoms with Gasteiger partial charge in [0.2, 0.25) is 0 Å². The van der Waals surface area contributed by atoms with E-state index in [1.807, 2.05) is 30.3 Å². The molecule has 2 unspecified atom stereocenters. The van der Waals surface area contributed by atoms with E-state index in [0.29, 0.717) is 42.5 Å². The van der Waals surface area contributed by atoms with Crippen molar-refractivity contribution in [2.24, 2.45) is 0 Å². The SMILES string of the molecule is C=S(=O)(CC)N1CCN(c2cc(-c3ccccc3O)nnc2N)CC1C. The molecular weight excluding hydrogens is 350 g/mol. The minimum atomic E-state index is -2.23. The zero-order valence-corrected chi connectivity index (χ0v) is 15.9. The van der Waals surface area contributed by atoms with Crippen molar-refractivity contribution in [1.82, 2.24) is 14.5 Å². The van der Waals surface area contributed by atoms with Crippen LogP contribution < -0.4 is 10.6 Å². The van der Waals surface area contributed by atoms with E-state index in [1.54, 1.807) is 18.2 Å². The lowest BCUT2D eigenvalue weighted by atomic mass is 10.1. The fourth-order valence-corrected chi connectivity index (χ4v) is 4.75. The first-order chi connectivity index (χ1) is 12.3. The largest absolute Gasteiger partial charge is 0.507 e. The second-order valence-electron chi connectivity index (χ2n) is 6.51. The molecule has 1 saturated heterocycles. The van der Waals surface area contributed by atoms with Crippen LogP contribution in [0.3, 0.4) is 0 Å². The Hall–Kier alpha value is -2.32. The van der Waals surface area contributed by atoms with Crippen molar-refractivity contribution in [2.45, 2.75) is 19.9 Å². The Bertz CT molecular complexity index is 900. The Kier molecular flexibility index (Phi) is 5.06. The molecule has 0 amide bonds. The number of nitrogens with zero attached hydrogens (tertiary/aromatic N) is 4. The Morgan fingerprint density at radius 2 is 2.08 bits per heavy atom. The predicted octanol–water partition coefficient (Wildman–Crippen LogP) is 1.59. The minimum Gasteiger partial charge on any atom is -0.507 e. The second-order valence-corrected chi connectivity index (χ2v) is 9.11. The molecule has 0 aliphatic carbocycles. The van der Waals surface area contributed by atoms with Crippen molar-refractivity contribution in [1.29, 1.82) is 0 Å². The van der Waals surface area contributed by atoms with Crippen LogP contribution in [0.15, 0.2) is 30.3 Å². The maximum absolute atomic E-state index is 12.6. The lowest BCUT2D eigenvalue weighted by molar-refractivity contribution is 0.322. The summed E-state index contributed by atoms with van der Waals surface area (Å²) >= 11 is 0. The van der Waals surface area contributed by atoms with Crippen LogP contribution in [0.1, 0.15) is 13.8 Å². The van der Waals surface area contributed by atoms with Crippen molar-refractivity contribution < 1.29 is 9.32 Å². The standard InChI is InChI=1S/C18H25N5O2S/c1-4-26(3,25)23-10-9-22(12-13(23)2)16-11-15(20-21-18(16)19)14-7-5-6-8-17(14)24/h5-8,11,13,24H,3-4,9-10,12H2,1-2H3,(H2,19,21). The molecule has 1 aromatic carbocycles. The van der Waals surface area contributed by atoms with E-state index in [4.69, 9.17) is 5.73 Å². The number of anilines is 2. The van der Waals surface area contributed by atoms with Crippen LogP contribution in [0.4, 0.5) is 11.5 Å². The molecule has 26 heavy (non-hydrogen) atoms. The third-order valence-corrected chi connectivity index (χ3v) is 7.07. The number of nitrogens with two attached hydrogens (primary N) is 1. The Morgan fingerprint density at radius 3 is 2.73 bits per heavy atom. The van der Waals surface area contributed by atoms with E-state index < -0.39 is 9.71 Å². The number of hydrogen-bond acceptors (Lipinski definition) is 6. The minimum absolute atomic E-state index is 0.0786. The van der Waals surface area contributed by atoms with Crippen LogP contribution in [-0.4, -0.2) is 61.1 Å². The van der Waals surface area contributed by atoms with Gasteiger partial charge in [0.25, 0.3) is 0 Å². The van der Waals surface area contributed by atoms with Crippen molar-refractivity contribution >= 4 is 27.1 Å². The third kappa shape index (κ3) is 3.47. The zero-order chi connectivity index (χ0) is 18.9. The van der Waals surface area contributed by atoms with Crippen LogP contribution in [0.2, 0.25) is 0 Å². The molecule has 3 N–H and O–H groups in total. The average molecular weight is 375 g/mol. The summed E-state index contributed by atoms with van der Waals surface area (Å²) in [5.74, 6) is 4.93. The van der Waals surface area contributed by atoms with E-state index in [1.165, 1.54) is 0 Å². The van der Waals surface area contributed by atoms with Gasteiger partial charge in [0.15, 0.2) is 5.82 Å². The number of nitrogen functional groups attached to an aromatic ring is 1. The van der Waals surface area contributed by atoms with E-state index in [2.05, 4.69) is 21.0 Å². The number of hydrogen-bond donors (Lipinski definition) is 2. The van der Waals surface area contributed by atoms with Gasteiger partial charge in [0.05, 0.1) is 11.4 Å². The highest BCUT2D eigenvalue weighted by molar-refractivity contribution is 7.98. The van der Waals surface area contributed by atoms with Gasteiger partial charge in [-0.05, 0) is 31.0 Å². The Labute approximate surface area is 154 Å². The highest BCUT2D eigenvalue weighted by atomic mass is 32.2.